The molecule has 1 aliphatic rings. The summed E-state index contributed by atoms with van der Waals surface area (Å²) in [7, 11) is 0. The number of benzene rings is 14. The van der Waals surface area contributed by atoms with Crippen molar-refractivity contribution in [1.82, 2.24) is 13.7 Å². The Labute approximate surface area is 556 Å². The fourth-order valence-electron chi connectivity index (χ4n) is 14.6. The summed E-state index contributed by atoms with van der Waals surface area (Å²) >= 11 is 3.51. The van der Waals surface area contributed by atoms with Crippen LogP contribution in [-0.4, -0.2) is 13.7 Å². The molecule has 5 aromatic heterocycles. The van der Waals surface area contributed by atoms with Crippen LogP contribution < -0.4 is 0 Å². The van der Waals surface area contributed by atoms with Gasteiger partial charge in [-0.25, -0.2) is 0 Å². The molecule has 6 heteroatoms. The Bertz CT molecular complexity index is 6150. The SMILES string of the molecule is Brc1ccc(-c2cccc3c2oc2c(-c4ccccc4)cccc23)cc1.C1=Cc2ccc3c4ccccc4n(-c4ccccc4)c3c2C1.c1ccc(-c2cccc3c2oc2c(-c4ccc(-n5ccc6ccc7c8ccccc8n(-c8ccccc8)c7c65)cc4)cccc23)cc1. The lowest BCUT2D eigenvalue weighted by Crippen LogP contribution is -1.97. The van der Waals surface area contributed by atoms with Crippen molar-refractivity contribution in [3.63, 3.8) is 0 Å². The number of hydrogen-bond acceptors (Lipinski definition) is 2. The molecule has 95 heavy (non-hydrogen) atoms. The number of hydrogen-bond donors (Lipinski definition) is 0. The van der Waals surface area contributed by atoms with E-state index in [2.05, 4.69) is 357 Å². The third kappa shape index (κ3) is 9.51. The van der Waals surface area contributed by atoms with Crippen molar-refractivity contribution in [1.29, 1.82) is 0 Å². The number of furan rings is 2. The predicted octanol–water partition coefficient (Wildman–Crippen LogP) is 25.0. The molecule has 0 fully saturated rings. The normalized spacial score (nSPS) is 12.0. The lowest BCUT2D eigenvalue weighted by atomic mass is 10.00. The molecule has 1 aliphatic carbocycles. The largest absolute Gasteiger partial charge is 0.455 e. The number of rotatable bonds is 7. The van der Waals surface area contributed by atoms with Crippen molar-refractivity contribution in [3.8, 4) is 61.6 Å². The molecule has 448 valence electrons. The van der Waals surface area contributed by atoms with Crippen molar-refractivity contribution in [2.24, 2.45) is 0 Å². The summed E-state index contributed by atoms with van der Waals surface area (Å²) in [6, 6.07) is 114. The zero-order chi connectivity index (χ0) is 62.9. The Morgan fingerprint density at radius 2 is 0.684 bits per heavy atom. The Balaban J connectivity index is 0.000000115. The Hall–Kier alpha value is -12.0. The summed E-state index contributed by atoms with van der Waals surface area (Å²) in [6.07, 6.45) is 7.71. The standard InChI is InChI=1S/C44H28N2O.C24H15BrO.C21H15N/c1-3-11-29(12-4-1)34-16-9-18-38-39-19-10-17-35(44(39)47-43(34)38)30-21-24-32(25-22-30)45-28-27-31-23-26-37-36-15-7-8-20-40(36)46(42(37)41(31)45)33-13-5-2-6-14-33;25-18-14-12-17(13-15-18)20-9-5-11-22-21-10-4-8-19(23(21)26-24(20)22)16-6-2-1-3-7-16;1-2-8-16(9-3-1)22-20-12-5-4-10-18(20)19-14-13-15-7-6-11-17(15)21(19)22/h1-28H;1-15H;1-10,12-14H,11H2. The quantitative estimate of drug-likeness (QED) is 0.160. The number of aromatic nitrogens is 3. The Kier molecular flexibility index (Phi) is 13.7. The first-order valence-corrected chi connectivity index (χ1v) is 33.1. The maximum absolute atomic E-state index is 6.71. The molecule has 20 rings (SSSR count). The van der Waals surface area contributed by atoms with Gasteiger partial charge in [-0.2, -0.15) is 0 Å². The molecule has 0 unspecified atom stereocenters. The number of halogens is 1. The van der Waals surface area contributed by atoms with Crippen molar-refractivity contribution in [2.75, 3.05) is 0 Å². The topological polar surface area (TPSA) is 41.1 Å². The van der Waals surface area contributed by atoms with Gasteiger partial charge in [0.05, 0.1) is 27.6 Å². The van der Waals surface area contributed by atoms with E-state index in [4.69, 9.17) is 8.83 Å². The summed E-state index contributed by atoms with van der Waals surface area (Å²) in [6.45, 7) is 0. The minimum atomic E-state index is 0.916. The summed E-state index contributed by atoms with van der Waals surface area (Å²) < 4.78 is 21.4. The van der Waals surface area contributed by atoms with Gasteiger partial charge < -0.3 is 22.5 Å². The van der Waals surface area contributed by atoms with Gasteiger partial charge >= 0.3 is 0 Å². The van der Waals surface area contributed by atoms with Gasteiger partial charge in [-0.1, -0.05) is 283 Å². The predicted molar refractivity (Wildman–Crippen MR) is 402 cm³/mol. The second kappa shape index (κ2) is 23.3. The van der Waals surface area contributed by atoms with E-state index in [1.54, 1.807) is 0 Å². The van der Waals surface area contributed by atoms with Crippen LogP contribution in [0.4, 0.5) is 0 Å². The van der Waals surface area contributed by atoms with E-state index in [1.165, 1.54) is 76.9 Å². The van der Waals surface area contributed by atoms with E-state index in [0.717, 1.165) is 105 Å². The Morgan fingerprint density at radius 3 is 1.18 bits per heavy atom. The molecular weight excluding hydrogens is 1220 g/mol. The van der Waals surface area contributed by atoms with E-state index in [1.807, 2.05) is 12.1 Å². The van der Waals surface area contributed by atoms with Crippen molar-refractivity contribution < 1.29 is 8.83 Å². The second-order valence-corrected chi connectivity index (χ2v) is 25.2. The average molecular weight is 1280 g/mol. The van der Waals surface area contributed by atoms with Crippen LogP contribution in [0.1, 0.15) is 11.1 Å². The summed E-state index contributed by atoms with van der Waals surface area (Å²) in [5.74, 6) is 0. The molecule has 0 radical (unpaired) electrons. The molecule has 0 amide bonds. The van der Waals surface area contributed by atoms with Crippen LogP contribution in [0.15, 0.2) is 347 Å². The maximum Gasteiger partial charge on any atom is 0.143 e. The van der Waals surface area contributed by atoms with Gasteiger partial charge in [-0.15, -0.1) is 0 Å². The molecule has 0 saturated heterocycles. The van der Waals surface area contributed by atoms with Gasteiger partial charge in [0.2, 0.25) is 0 Å². The van der Waals surface area contributed by atoms with Gasteiger partial charge in [-0.05, 0) is 107 Å². The van der Waals surface area contributed by atoms with E-state index in [9.17, 15) is 0 Å². The van der Waals surface area contributed by atoms with Gasteiger partial charge in [0, 0.05) is 98.5 Å². The lowest BCUT2D eigenvalue weighted by molar-refractivity contribution is 0.670. The van der Waals surface area contributed by atoms with Crippen LogP contribution >= 0.6 is 15.9 Å². The third-order valence-electron chi connectivity index (χ3n) is 18.9. The van der Waals surface area contributed by atoms with Crippen LogP contribution in [0.2, 0.25) is 0 Å². The monoisotopic (exact) mass is 1280 g/mol. The van der Waals surface area contributed by atoms with Gasteiger partial charge in [0.15, 0.2) is 0 Å². The maximum atomic E-state index is 6.71. The zero-order valence-corrected chi connectivity index (χ0v) is 53.2. The van der Waals surface area contributed by atoms with Crippen molar-refractivity contribution in [3.05, 3.63) is 349 Å². The number of nitrogens with zero attached hydrogens (tertiary/aromatic N) is 3. The average Bonchev–Trinajstić information content (AvgIpc) is 1.61. The number of para-hydroxylation sites is 8. The van der Waals surface area contributed by atoms with Gasteiger partial charge in [0.25, 0.3) is 0 Å². The molecule has 14 aromatic carbocycles. The lowest BCUT2D eigenvalue weighted by Gasteiger charge is -2.12. The molecule has 5 nitrogen and oxygen atoms in total. The minimum Gasteiger partial charge on any atom is -0.455 e. The molecule has 19 aromatic rings. The highest BCUT2D eigenvalue weighted by Crippen LogP contribution is 2.44. The van der Waals surface area contributed by atoms with Gasteiger partial charge in [-0.3, -0.25) is 0 Å². The van der Waals surface area contributed by atoms with Crippen molar-refractivity contribution in [2.45, 2.75) is 6.42 Å². The van der Waals surface area contributed by atoms with Crippen LogP contribution in [-0.2, 0) is 6.42 Å². The fourth-order valence-corrected chi connectivity index (χ4v) is 14.9. The highest BCUT2D eigenvalue weighted by Gasteiger charge is 2.22. The molecule has 0 aliphatic heterocycles. The highest BCUT2D eigenvalue weighted by molar-refractivity contribution is 9.10. The molecule has 0 spiro atoms. The molecule has 0 atom stereocenters. The molecule has 0 N–H and O–H groups in total. The fraction of sp³-hybridized carbons (Fsp3) is 0.0112. The minimum absolute atomic E-state index is 0.916. The van der Waals surface area contributed by atoms with Crippen LogP contribution in [0.3, 0.4) is 0 Å². The van der Waals surface area contributed by atoms with Gasteiger partial charge in [0.1, 0.15) is 22.3 Å². The van der Waals surface area contributed by atoms with E-state index in [-0.39, 0.29) is 0 Å². The highest BCUT2D eigenvalue weighted by atomic mass is 79.9. The Morgan fingerprint density at radius 1 is 0.284 bits per heavy atom. The zero-order valence-electron chi connectivity index (χ0n) is 51.6. The van der Waals surface area contributed by atoms with E-state index in [0.29, 0.717) is 0 Å². The third-order valence-corrected chi connectivity index (χ3v) is 19.5. The van der Waals surface area contributed by atoms with Crippen molar-refractivity contribution >= 4 is 120 Å². The summed E-state index contributed by atoms with van der Waals surface area (Å²) in [5.41, 5.74) is 25.3. The van der Waals surface area contributed by atoms with E-state index >= 15 is 0 Å². The first kappa shape index (κ1) is 55.8. The molecular formula is C89H58BrN3O2. The molecule has 5 heterocycles. The van der Waals surface area contributed by atoms with E-state index < -0.39 is 0 Å². The summed E-state index contributed by atoms with van der Waals surface area (Å²) in [4.78, 5) is 0. The number of fused-ring (bicyclic) bond motifs is 16. The first-order chi connectivity index (χ1) is 47.1. The van der Waals surface area contributed by atoms with Crippen LogP contribution in [0.5, 0.6) is 0 Å². The molecule has 0 saturated carbocycles. The second-order valence-electron chi connectivity index (χ2n) is 24.3. The van der Waals surface area contributed by atoms with Crippen LogP contribution in [0, 0.1) is 0 Å². The number of allylic oxidation sites excluding steroid dienone is 1. The van der Waals surface area contributed by atoms with Crippen LogP contribution in [0.25, 0.3) is 166 Å². The summed E-state index contributed by atoms with van der Waals surface area (Å²) in [5, 5.41) is 11.0. The molecule has 0 bridgehead atoms. The first-order valence-electron chi connectivity index (χ1n) is 32.3. The smallest absolute Gasteiger partial charge is 0.143 e.